The second-order valence-corrected chi connectivity index (χ2v) is 6.82. The Morgan fingerprint density at radius 1 is 1.43 bits per heavy atom. The molecule has 1 aliphatic heterocycles. The molecule has 1 aromatic heterocycles. The molecule has 5 nitrogen and oxygen atoms in total. The Bertz CT molecular complexity index is 501. The highest BCUT2D eigenvalue weighted by Crippen LogP contribution is 2.21. The maximum absolute atomic E-state index is 12.3. The molecular formula is C15H22N2O3S. The van der Waals surface area contributed by atoms with Crippen LogP contribution in [-0.4, -0.2) is 34.6 Å². The summed E-state index contributed by atoms with van der Waals surface area (Å²) in [5.74, 6) is -0.796. The number of likely N-dealkylation sites (tertiary alicyclic amines) is 1. The third kappa shape index (κ3) is 4.74. The van der Waals surface area contributed by atoms with Crippen LogP contribution in [0.3, 0.4) is 0 Å². The number of carbonyl (C=O) groups excluding carboxylic acids is 1. The molecular weight excluding hydrogens is 288 g/mol. The molecule has 1 unspecified atom stereocenters. The van der Waals surface area contributed by atoms with Gasteiger partial charge in [-0.1, -0.05) is 0 Å². The number of aliphatic carboxylic acids is 1. The highest BCUT2D eigenvalue weighted by atomic mass is 32.1. The molecule has 2 amide bonds. The second-order valence-electron chi connectivity index (χ2n) is 5.45. The van der Waals surface area contributed by atoms with Gasteiger partial charge in [-0.15, -0.1) is 11.3 Å². The fraction of sp³-hybridized carbons (Fsp3) is 0.600. The van der Waals surface area contributed by atoms with E-state index in [0.29, 0.717) is 13.0 Å². The summed E-state index contributed by atoms with van der Waals surface area (Å²) in [6.07, 6.45) is 3.63. The SMILES string of the molecule is Cc1ccc(CNC(=O)N2CCCCC2CCC(=O)O)s1. The quantitative estimate of drug-likeness (QED) is 0.878. The number of amides is 2. The van der Waals surface area contributed by atoms with Gasteiger partial charge in [0.15, 0.2) is 0 Å². The van der Waals surface area contributed by atoms with E-state index in [1.807, 2.05) is 24.0 Å². The van der Waals surface area contributed by atoms with Crippen LogP contribution in [0.2, 0.25) is 0 Å². The van der Waals surface area contributed by atoms with E-state index in [2.05, 4.69) is 5.32 Å². The molecule has 1 fully saturated rings. The lowest BCUT2D eigenvalue weighted by Crippen LogP contribution is -2.48. The summed E-state index contributed by atoms with van der Waals surface area (Å²) in [4.78, 5) is 27.2. The van der Waals surface area contributed by atoms with Crippen molar-refractivity contribution in [3.05, 3.63) is 21.9 Å². The molecule has 1 aromatic rings. The molecule has 0 bridgehead atoms. The average molecular weight is 310 g/mol. The average Bonchev–Trinajstić information content (AvgIpc) is 2.88. The lowest BCUT2D eigenvalue weighted by Gasteiger charge is -2.35. The van der Waals surface area contributed by atoms with Crippen molar-refractivity contribution in [2.24, 2.45) is 0 Å². The number of piperidine rings is 1. The van der Waals surface area contributed by atoms with Gasteiger partial charge >= 0.3 is 12.0 Å². The summed E-state index contributed by atoms with van der Waals surface area (Å²) < 4.78 is 0. The number of rotatable bonds is 5. The number of nitrogens with one attached hydrogen (secondary N) is 1. The van der Waals surface area contributed by atoms with Crippen LogP contribution in [0.5, 0.6) is 0 Å². The zero-order valence-electron chi connectivity index (χ0n) is 12.3. The molecule has 0 spiro atoms. The van der Waals surface area contributed by atoms with Gasteiger partial charge in [0.25, 0.3) is 0 Å². The first-order chi connectivity index (χ1) is 10.1. The maximum Gasteiger partial charge on any atom is 0.317 e. The lowest BCUT2D eigenvalue weighted by atomic mass is 9.98. The van der Waals surface area contributed by atoms with E-state index in [-0.39, 0.29) is 18.5 Å². The number of hydrogen-bond donors (Lipinski definition) is 2. The summed E-state index contributed by atoms with van der Waals surface area (Å²) in [6.45, 7) is 3.31. The van der Waals surface area contributed by atoms with Crippen LogP contribution >= 0.6 is 11.3 Å². The van der Waals surface area contributed by atoms with Crippen LogP contribution in [0.25, 0.3) is 0 Å². The molecule has 1 saturated heterocycles. The number of hydrogen-bond acceptors (Lipinski definition) is 3. The highest BCUT2D eigenvalue weighted by molar-refractivity contribution is 7.11. The zero-order chi connectivity index (χ0) is 15.2. The summed E-state index contributed by atoms with van der Waals surface area (Å²) in [7, 11) is 0. The third-order valence-corrected chi connectivity index (χ3v) is 4.79. The number of urea groups is 1. The van der Waals surface area contributed by atoms with E-state index >= 15 is 0 Å². The number of carboxylic acids is 1. The van der Waals surface area contributed by atoms with Crippen LogP contribution < -0.4 is 5.32 Å². The van der Waals surface area contributed by atoms with Crippen molar-refractivity contribution in [1.82, 2.24) is 10.2 Å². The normalized spacial score (nSPS) is 18.5. The largest absolute Gasteiger partial charge is 0.481 e. The predicted octanol–water partition coefficient (Wildman–Crippen LogP) is 2.99. The van der Waals surface area contributed by atoms with E-state index in [1.54, 1.807) is 11.3 Å². The summed E-state index contributed by atoms with van der Waals surface area (Å²) in [5, 5.41) is 11.8. The first kappa shape index (κ1) is 15.8. The molecule has 21 heavy (non-hydrogen) atoms. The van der Waals surface area contributed by atoms with Crippen molar-refractivity contribution >= 4 is 23.3 Å². The molecule has 0 aromatic carbocycles. The van der Waals surface area contributed by atoms with Gasteiger partial charge in [-0.3, -0.25) is 4.79 Å². The number of nitrogens with zero attached hydrogens (tertiary/aromatic N) is 1. The Morgan fingerprint density at radius 2 is 2.24 bits per heavy atom. The monoisotopic (exact) mass is 310 g/mol. The van der Waals surface area contributed by atoms with E-state index < -0.39 is 5.97 Å². The zero-order valence-corrected chi connectivity index (χ0v) is 13.1. The van der Waals surface area contributed by atoms with Crippen molar-refractivity contribution in [3.8, 4) is 0 Å². The minimum absolute atomic E-state index is 0.0555. The summed E-state index contributed by atoms with van der Waals surface area (Å²) in [5.41, 5.74) is 0. The Balaban J connectivity index is 1.87. The van der Waals surface area contributed by atoms with Gasteiger partial charge < -0.3 is 15.3 Å². The lowest BCUT2D eigenvalue weighted by molar-refractivity contribution is -0.137. The Labute approximate surface area is 129 Å². The van der Waals surface area contributed by atoms with E-state index in [1.165, 1.54) is 4.88 Å². The molecule has 1 aliphatic rings. The minimum atomic E-state index is -0.796. The molecule has 0 saturated carbocycles. The fourth-order valence-corrected chi connectivity index (χ4v) is 3.53. The van der Waals surface area contributed by atoms with Gasteiger partial charge in [-0.2, -0.15) is 0 Å². The first-order valence-electron chi connectivity index (χ1n) is 7.38. The molecule has 6 heteroatoms. The number of thiophene rings is 1. The third-order valence-electron chi connectivity index (χ3n) is 3.79. The highest BCUT2D eigenvalue weighted by Gasteiger charge is 2.26. The standard InChI is InChI=1S/C15H22N2O3S/c1-11-5-7-13(21-11)10-16-15(20)17-9-3-2-4-12(17)6-8-14(18)19/h5,7,12H,2-4,6,8-10H2,1H3,(H,16,20)(H,18,19). The Hall–Kier alpha value is -1.56. The topological polar surface area (TPSA) is 69.6 Å². The van der Waals surface area contributed by atoms with Crippen LogP contribution in [0.1, 0.15) is 41.9 Å². The van der Waals surface area contributed by atoms with E-state index in [4.69, 9.17) is 5.11 Å². The van der Waals surface area contributed by atoms with Gasteiger partial charge in [-0.05, 0) is 44.7 Å². The van der Waals surface area contributed by atoms with E-state index in [0.717, 1.165) is 30.7 Å². The van der Waals surface area contributed by atoms with Crippen LogP contribution in [-0.2, 0) is 11.3 Å². The fourth-order valence-electron chi connectivity index (χ4n) is 2.70. The first-order valence-corrected chi connectivity index (χ1v) is 8.19. The smallest absolute Gasteiger partial charge is 0.317 e. The van der Waals surface area contributed by atoms with Crippen LogP contribution in [0, 0.1) is 6.92 Å². The van der Waals surface area contributed by atoms with Gasteiger partial charge in [-0.25, -0.2) is 4.79 Å². The van der Waals surface area contributed by atoms with Gasteiger partial charge in [0, 0.05) is 28.8 Å². The van der Waals surface area contributed by atoms with Crippen LogP contribution in [0.15, 0.2) is 12.1 Å². The van der Waals surface area contributed by atoms with E-state index in [9.17, 15) is 9.59 Å². The van der Waals surface area contributed by atoms with Crippen LogP contribution in [0.4, 0.5) is 4.79 Å². The second kappa shape index (κ2) is 7.45. The maximum atomic E-state index is 12.3. The van der Waals surface area contributed by atoms with Crippen molar-refractivity contribution in [1.29, 1.82) is 0 Å². The van der Waals surface area contributed by atoms with Gasteiger partial charge in [0.05, 0.1) is 6.54 Å². The van der Waals surface area contributed by atoms with Crippen molar-refractivity contribution in [2.75, 3.05) is 6.54 Å². The van der Waals surface area contributed by atoms with Gasteiger partial charge in [0.2, 0.25) is 0 Å². The summed E-state index contributed by atoms with van der Waals surface area (Å²) in [6, 6.07) is 4.05. The van der Waals surface area contributed by atoms with Crippen molar-refractivity contribution < 1.29 is 14.7 Å². The van der Waals surface area contributed by atoms with Gasteiger partial charge in [0.1, 0.15) is 0 Å². The minimum Gasteiger partial charge on any atom is -0.481 e. The number of carboxylic acid groups (broad SMARTS) is 1. The Morgan fingerprint density at radius 3 is 2.90 bits per heavy atom. The molecule has 1 atom stereocenters. The molecule has 0 radical (unpaired) electrons. The molecule has 0 aliphatic carbocycles. The molecule has 2 heterocycles. The summed E-state index contributed by atoms with van der Waals surface area (Å²) >= 11 is 1.68. The Kier molecular flexibility index (Phi) is 5.61. The molecule has 116 valence electrons. The molecule has 2 N–H and O–H groups in total. The van der Waals surface area contributed by atoms with Crippen molar-refractivity contribution in [3.63, 3.8) is 0 Å². The van der Waals surface area contributed by atoms with Crippen molar-refractivity contribution in [2.45, 2.75) is 51.6 Å². The predicted molar refractivity (Wildman–Crippen MR) is 82.5 cm³/mol. The number of carbonyl (C=O) groups is 2. The number of aryl methyl sites for hydroxylation is 1. The molecule has 2 rings (SSSR count).